The number of carbonyl (C=O) groups excluding carboxylic acids is 2. The van der Waals surface area contributed by atoms with Crippen molar-refractivity contribution < 1.29 is 18.7 Å². The maximum Gasteiger partial charge on any atom is 0.410 e. The lowest BCUT2D eigenvalue weighted by molar-refractivity contribution is -0.124. The molecule has 0 saturated carbocycles. The summed E-state index contributed by atoms with van der Waals surface area (Å²) in [5, 5.41) is 3.96. The predicted molar refractivity (Wildman–Crippen MR) is 104 cm³/mol. The molecule has 6 heteroatoms. The fraction of sp³-hybridized carbons (Fsp3) is 0.429. The average Bonchev–Trinajstić information content (AvgIpc) is 3.24. The Hall–Kier alpha value is -2.76. The Morgan fingerprint density at radius 3 is 2.85 bits per heavy atom. The smallest absolute Gasteiger partial charge is 0.410 e. The van der Waals surface area contributed by atoms with Crippen molar-refractivity contribution in [3.05, 3.63) is 42.2 Å². The third kappa shape index (κ3) is 4.70. The summed E-state index contributed by atoms with van der Waals surface area (Å²) >= 11 is 0. The normalized spacial score (nSPS) is 17.1. The van der Waals surface area contributed by atoms with Gasteiger partial charge in [-0.1, -0.05) is 18.7 Å². The van der Waals surface area contributed by atoms with Gasteiger partial charge in [-0.25, -0.2) is 4.79 Å². The number of amides is 2. The first-order valence-corrected chi connectivity index (χ1v) is 9.16. The van der Waals surface area contributed by atoms with Crippen LogP contribution in [-0.4, -0.2) is 35.6 Å². The second-order valence-electron chi connectivity index (χ2n) is 7.85. The zero-order valence-corrected chi connectivity index (χ0v) is 16.1. The molecule has 1 aliphatic rings. The molecule has 1 atom stereocenters. The van der Waals surface area contributed by atoms with Crippen LogP contribution in [0, 0.1) is 5.92 Å². The van der Waals surface area contributed by atoms with Gasteiger partial charge < -0.3 is 19.4 Å². The maximum atomic E-state index is 12.5. The Kier molecular flexibility index (Phi) is 5.26. The summed E-state index contributed by atoms with van der Waals surface area (Å²) in [5.41, 5.74) is 1.20. The van der Waals surface area contributed by atoms with Crippen LogP contribution >= 0.6 is 0 Å². The Morgan fingerprint density at radius 2 is 2.15 bits per heavy atom. The highest BCUT2D eigenvalue weighted by molar-refractivity contribution is 5.82. The number of furan rings is 1. The van der Waals surface area contributed by atoms with E-state index in [-0.39, 0.29) is 17.9 Å². The molecule has 1 aliphatic heterocycles. The first kappa shape index (κ1) is 19.0. The lowest BCUT2D eigenvalue weighted by Crippen LogP contribution is -2.37. The number of likely N-dealkylation sites (tertiary alicyclic amines) is 1. The number of hydrogen-bond donors (Lipinski definition) is 1. The van der Waals surface area contributed by atoms with Crippen molar-refractivity contribution in [3.8, 4) is 0 Å². The van der Waals surface area contributed by atoms with Gasteiger partial charge in [-0.15, -0.1) is 0 Å². The van der Waals surface area contributed by atoms with Crippen LogP contribution < -0.4 is 5.32 Å². The highest BCUT2D eigenvalue weighted by Gasteiger charge is 2.33. The molecule has 2 amide bonds. The molecule has 1 fully saturated rings. The minimum Gasteiger partial charge on any atom is -0.457 e. The molecule has 1 N–H and O–H groups in total. The van der Waals surface area contributed by atoms with Crippen molar-refractivity contribution in [1.29, 1.82) is 0 Å². The fourth-order valence-corrected chi connectivity index (χ4v) is 3.11. The summed E-state index contributed by atoms with van der Waals surface area (Å²) < 4.78 is 11.0. The van der Waals surface area contributed by atoms with Gasteiger partial charge in [-0.05, 0) is 51.0 Å². The van der Waals surface area contributed by atoms with Gasteiger partial charge in [0.15, 0.2) is 0 Å². The van der Waals surface area contributed by atoms with Crippen LogP contribution in [0.4, 0.5) is 4.79 Å². The molecule has 3 rings (SSSR count). The van der Waals surface area contributed by atoms with E-state index in [1.807, 2.05) is 45.0 Å². The van der Waals surface area contributed by atoms with Crippen molar-refractivity contribution in [2.45, 2.75) is 39.3 Å². The van der Waals surface area contributed by atoms with Crippen molar-refractivity contribution in [1.82, 2.24) is 10.2 Å². The highest BCUT2D eigenvalue weighted by Crippen LogP contribution is 2.22. The largest absolute Gasteiger partial charge is 0.457 e. The molecule has 0 bridgehead atoms. The molecule has 1 aromatic carbocycles. The number of rotatable bonds is 4. The van der Waals surface area contributed by atoms with Crippen LogP contribution in [0.2, 0.25) is 0 Å². The molecule has 144 valence electrons. The van der Waals surface area contributed by atoms with Crippen LogP contribution in [0.25, 0.3) is 17.0 Å². The van der Waals surface area contributed by atoms with Crippen molar-refractivity contribution in [2.24, 2.45) is 5.92 Å². The Balaban J connectivity index is 1.54. The molecule has 1 saturated heterocycles. The monoisotopic (exact) mass is 370 g/mol. The lowest BCUT2D eigenvalue weighted by atomic mass is 10.1. The number of benzene rings is 1. The van der Waals surface area contributed by atoms with Crippen LogP contribution in [0.15, 0.2) is 35.3 Å². The van der Waals surface area contributed by atoms with E-state index in [9.17, 15) is 9.59 Å². The first-order chi connectivity index (χ1) is 12.7. The van der Waals surface area contributed by atoms with Gasteiger partial charge in [0.05, 0.1) is 5.92 Å². The van der Waals surface area contributed by atoms with Gasteiger partial charge in [0.1, 0.15) is 16.9 Å². The van der Waals surface area contributed by atoms with E-state index >= 15 is 0 Å². The van der Waals surface area contributed by atoms with Crippen LogP contribution in [0.5, 0.6) is 0 Å². The zero-order valence-electron chi connectivity index (χ0n) is 16.1. The standard InChI is InChI=1S/C21H26N2O4/c1-5-17-11-15-7-6-14(10-18(15)26-17)12-22-19(24)16-8-9-23(13-16)20(25)27-21(2,3)4/h5-7,10-11,16H,1,8-9,12-13H2,2-4H3,(H,22,24). The topological polar surface area (TPSA) is 71.8 Å². The van der Waals surface area contributed by atoms with E-state index in [2.05, 4.69) is 11.9 Å². The van der Waals surface area contributed by atoms with Gasteiger partial charge in [-0.2, -0.15) is 0 Å². The van der Waals surface area contributed by atoms with Gasteiger partial charge >= 0.3 is 6.09 Å². The van der Waals surface area contributed by atoms with E-state index in [0.29, 0.717) is 26.1 Å². The second-order valence-corrected chi connectivity index (χ2v) is 7.85. The molecule has 0 radical (unpaired) electrons. The zero-order chi connectivity index (χ0) is 19.6. The Labute approximate surface area is 159 Å². The third-order valence-electron chi connectivity index (χ3n) is 4.48. The SMILES string of the molecule is C=Cc1cc2ccc(CNC(=O)C3CCN(C(=O)OC(C)(C)C)C3)cc2o1. The Morgan fingerprint density at radius 1 is 1.37 bits per heavy atom. The number of carbonyl (C=O) groups is 2. The number of fused-ring (bicyclic) bond motifs is 1. The predicted octanol–water partition coefficient (Wildman–Crippen LogP) is 3.95. The molecule has 2 aromatic rings. The molecular weight excluding hydrogens is 344 g/mol. The van der Waals surface area contributed by atoms with E-state index in [0.717, 1.165) is 22.3 Å². The molecule has 0 aliphatic carbocycles. The number of nitrogens with zero attached hydrogens (tertiary/aromatic N) is 1. The quantitative estimate of drug-likeness (QED) is 0.885. The number of nitrogens with one attached hydrogen (secondary N) is 1. The summed E-state index contributed by atoms with van der Waals surface area (Å²) in [6.07, 6.45) is 1.95. The Bertz CT molecular complexity index is 863. The summed E-state index contributed by atoms with van der Waals surface area (Å²) in [5.74, 6) is 0.462. The van der Waals surface area contributed by atoms with Gasteiger partial charge in [-0.3, -0.25) is 4.79 Å². The molecule has 1 aromatic heterocycles. The highest BCUT2D eigenvalue weighted by atomic mass is 16.6. The van der Waals surface area contributed by atoms with Crippen molar-refractivity contribution >= 4 is 29.0 Å². The van der Waals surface area contributed by atoms with E-state index in [4.69, 9.17) is 9.15 Å². The first-order valence-electron chi connectivity index (χ1n) is 9.16. The molecule has 2 heterocycles. The number of hydrogen-bond acceptors (Lipinski definition) is 4. The van der Waals surface area contributed by atoms with Crippen LogP contribution in [0.1, 0.15) is 38.5 Å². The van der Waals surface area contributed by atoms with Crippen LogP contribution in [-0.2, 0) is 16.1 Å². The van der Waals surface area contributed by atoms with E-state index < -0.39 is 5.60 Å². The maximum absolute atomic E-state index is 12.5. The molecule has 6 nitrogen and oxygen atoms in total. The van der Waals surface area contributed by atoms with Gasteiger partial charge in [0, 0.05) is 25.0 Å². The van der Waals surface area contributed by atoms with Crippen molar-refractivity contribution in [2.75, 3.05) is 13.1 Å². The van der Waals surface area contributed by atoms with Crippen molar-refractivity contribution in [3.63, 3.8) is 0 Å². The van der Waals surface area contributed by atoms with Gasteiger partial charge in [0.25, 0.3) is 0 Å². The molecule has 27 heavy (non-hydrogen) atoms. The second kappa shape index (κ2) is 7.47. The lowest BCUT2D eigenvalue weighted by Gasteiger charge is -2.24. The molecule has 1 unspecified atom stereocenters. The fourth-order valence-electron chi connectivity index (χ4n) is 3.11. The molecular formula is C21H26N2O4. The summed E-state index contributed by atoms with van der Waals surface area (Å²) in [6, 6.07) is 7.78. The molecule has 0 spiro atoms. The average molecular weight is 370 g/mol. The minimum absolute atomic E-state index is 0.0487. The van der Waals surface area contributed by atoms with Crippen LogP contribution in [0.3, 0.4) is 0 Å². The summed E-state index contributed by atoms with van der Waals surface area (Å²) in [7, 11) is 0. The summed E-state index contributed by atoms with van der Waals surface area (Å²) in [6.45, 7) is 10.5. The summed E-state index contributed by atoms with van der Waals surface area (Å²) in [4.78, 5) is 26.2. The van der Waals surface area contributed by atoms with Gasteiger partial charge in [0.2, 0.25) is 5.91 Å². The minimum atomic E-state index is -0.534. The third-order valence-corrected chi connectivity index (χ3v) is 4.48. The number of ether oxygens (including phenoxy) is 1. The van der Waals surface area contributed by atoms with E-state index in [1.165, 1.54) is 0 Å². The van der Waals surface area contributed by atoms with E-state index in [1.54, 1.807) is 11.0 Å².